The van der Waals surface area contributed by atoms with Crippen LogP contribution in [-0.4, -0.2) is 5.60 Å². The maximum absolute atomic E-state index is 5.50. The Morgan fingerprint density at radius 1 is 1.50 bits per heavy atom. The first-order valence-electron chi connectivity index (χ1n) is 2.93. The molecular weight excluding hydrogens is 150 g/mol. The molecule has 0 aromatic carbocycles. The summed E-state index contributed by atoms with van der Waals surface area (Å²) in [7, 11) is 0. The van der Waals surface area contributed by atoms with Crippen molar-refractivity contribution >= 4 is 12.4 Å². The fourth-order valence-corrected chi connectivity index (χ4v) is 0.771. The molecule has 1 aliphatic rings. The zero-order valence-corrected chi connectivity index (χ0v) is 6.94. The van der Waals surface area contributed by atoms with Gasteiger partial charge in [0.2, 0.25) is 0 Å². The Hall–Kier alpha value is -0.630. The molecule has 1 rings (SSSR count). The van der Waals surface area contributed by atoms with Crippen LogP contribution >= 0.6 is 12.4 Å². The van der Waals surface area contributed by atoms with E-state index in [1.165, 1.54) is 0 Å². The SMILES string of the molecule is CC1(C)C=C(N)C=CO1.Cl. The van der Waals surface area contributed by atoms with Crippen molar-refractivity contribution in [2.24, 2.45) is 5.73 Å². The summed E-state index contributed by atoms with van der Waals surface area (Å²) in [5.41, 5.74) is 6.05. The number of hydrogen-bond donors (Lipinski definition) is 1. The molecule has 2 N–H and O–H groups in total. The maximum atomic E-state index is 5.50. The number of halogens is 1. The van der Waals surface area contributed by atoms with Crippen LogP contribution in [0.25, 0.3) is 0 Å². The molecule has 0 amide bonds. The molecular formula is C7H12ClNO. The van der Waals surface area contributed by atoms with Gasteiger partial charge in [0.05, 0.1) is 6.26 Å². The van der Waals surface area contributed by atoms with Crippen LogP contribution in [0.2, 0.25) is 0 Å². The fraction of sp³-hybridized carbons (Fsp3) is 0.429. The third kappa shape index (κ3) is 2.31. The molecule has 1 heterocycles. The Bertz CT molecular complexity index is 172. The van der Waals surface area contributed by atoms with E-state index in [4.69, 9.17) is 10.5 Å². The summed E-state index contributed by atoms with van der Waals surface area (Å²) >= 11 is 0. The van der Waals surface area contributed by atoms with E-state index in [0.717, 1.165) is 5.70 Å². The summed E-state index contributed by atoms with van der Waals surface area (Å²) in [6, 6.07) is 0. The predicted molar refractivity (Wildman–Crippen MR) is 43.8 cm³/mol. The molecule has 0 aromatic heterocycles. The predicted octanol–water partition coefficient (Wildman–Crippen LogP) is 1.57. The van der Waals surface area contributed by atoms with Gasteiger partial charge in [0.1, 0.15) is 5.60 Å². The highest BCUT2D eigenvalue weighted by molar-refractivity contribution is 5.85. The first-order chi connectivity index (χ1) is 4.10. The topological polar surface area (TPSA) is 35.2 Å². The van der Waals surface area contributed by atoms with Crippen molar-refractivity contribution in [3.05, 3.63) is 24.1 Å². The Balaban J connectivity index is 0.000000810. The highest BCUT2D eigenvalue weighted by Gasteiger charge is 2.16. The number of allylic oxidation sites excluding steroid dienone is 1. The van der Waals surface area contributed by atoms with Crippen LogP contribution in [0, 0.1) is 0 Å². The monoisotopic (exact) mass is 161 g/mol. The third-order valence-electron chi connectivity index (χ3n) is 1.15. The molecule has 0 aromatic rings. The van der Waals surface area contributed by atoms with Gasteiger partial charge in [-0.15, -0.1) is 12.4 Å². The van der Waals surface area contributed by atoms with Crippen molar-refractivity contribution in [1.82, 2.24) is 0 Å². The Morgan fingerprint density at radius 2 is 2.10 bits per heavy atom. The Kier molecular flexibility index (Phi) is 2.78. The first kappa shape index (κ1) is 9.37. The smallest absolute Gasteiger partial charge is 0.123 e. The van der Waals surface area contributed by atoms with Crippen LogP contribution in [0.5, 0.6) is 0 Å². The van der Waals surface area contributed by atoms with Crippen LogP contribution < -0.4 is 5.73 Å². The van der Waals surface area contributed by atoms with Gasteiger partial charge in [-0.25, -0.2) is 0 Å². The lowest BCUT2D eigenvalue weighted by Gasteiger charge is -2.23. The van der Waals surface area contributed by atoms with Gasteiger partial charge in [-0.05, 0) is 26.0 Å². The van der Waals surface area contributed by atoms with Crippen molar-refractivity contribution in [3.63, 3.8) is 0 Å². The molecule has 58 valence electrons. The van der Waals surface area contributed by atoms with Gasteiger partial charge >= 0.3 is 0 Å². The summed E-state index contributed by atoms with van der Waals surface area (Å²) in [4.78, 5) is 0. The minimum Gasteiger partial charge on any atom is -0.491 e. The second-order valence-corrected chi connectivity index (χ2v) is 2.67. The molecule has 0 saturated carbocycles. The number of nitrogens with two attached hydrogens (primary N) is 1. The molecule has 0 atom stereocenters. The molecule has 0 saturated heterocycles. The lowest BCUT2D eigenvalue weighted by atomic mass is 10.1. The maximum Gasteiger partial charge on any atom is 0.123 e. The van der Waals surface area contributed by atoms with E-state index in [-0.39, 0.29) is 18.0 Å². The number of hydrogen-bond acceptors (Lipinski definition) is 2. The Labute approximate surface area is 67.2 Å². The highest BCUT2D eigenvalue weighted by atomic mass is 35.5. The zero-order valence-electron chi connectivity index (χ0n) is 6.13. The largest absolute Gasteiger partial charge is 0.491 e. The number of rotatable bonds is 0. The summed E-state index contributed by atoms with van der Waals surface area (Å²) in [5.74, 6) is 0. The molecule has 0 unspecified atom stereocenters. The van der Waals surface area contributed by atoms with Crippen LogP contribution in [-0.2, 0) is 4.74 Å². The average Bonchev–Trinajstić information content (AvgIpc) is 1.60. The standard InChI is InChI=1S/C7H11NO.ClH/c1-7(2)5-6(8)3-4-9-7;/h3-5H,8H2,1-2H3;1H. The fourth-order valence-electron chi connectivity index (χ4n) is 0.771. The number of ether oxygens (including phenoxy) is 1. The molecule has 2 nitrogen and oxygen atoms in total. The molecule has 0 radical (unpaired) electrons. The van der Waals surface area contributed by atoms with Crippen LogP contribution in [0.3, 0.4) is 0 Å². The van der Waals surface area contributed by atoms with E-state index in [1.54, 1.807) is 12.3 Å². The van der Waals surface area contributed by atoms with E-state index < -0.39 is 0 Å². The van der Waals surface area contributed by atoms with Crippen molar-refractivity contribution in [2.75, 3.05) is 0 Å². The lowest BCUT2D eigenvalue weighted by Crippen LogP contribution is -2.22. The van der Waals surface area contributed by atoms with Crippen LogP contribution in [0.1, 0.15) is 13.8 Å². The van der Waals surface area contributed by atoms with E-state index in [2.05, 4.69) is 0 Å². The summed E-state index contributed by atoms with van der Waals surface area (Å²) < 4.78 is 5.20. The quantitative estimate of drug-likeness (QED) is 0.586. The summed E-state index contributed by atoms with van der Waals surface area (Å²) in [5, 5.41) is 0. The molecule has 0 bridgehead atoms. The van der Waals surface area contributed by atoms with Gasteiger partial charge in [-0.1, -0.05) is 0 Å². The van der Waals surface area contributed by atoms with Crippen molar-refractivity contribution in [3.8, 4) is 0 Å². The normalized spacial score (nSPS) is 20.4. The summed E-state index contributed by atoms with van der Waals surface area (Å²) in [6.45, 7) is 3.92. The minimum atomic E-state index is -0.223. The average molecular weight is 162 g/mol. The van der Waals surface area contributed by atoms with Gasteiger partial charge in [-0.3, -0.25) is 0 Å². The van der Waals surface area contributed by atoms with Crippen molar-refractivity contribution < 1.29 is 4.74 Å². The molecule has 0 aliphatic carbocycles. The van der Waals surface area contributed by atoms with E-state index in [9.17, 15) is 0 Å². The van der Waals surface area contributed by atoms with Crippen LogP contribution in [0.4, 0.5) is 0 Å². The first-order valence-corrected chi connectivity index (χ1v) is 2.93. The van der Waals surface area contributed by atoms with E-state index >= 15 is 0 Å². The second-order valence-electron chi connectivity index (χ2n) is 2.67. The molecule has 10 heavy (non-hydrogen) atoms. The van der Waals surface area contributed by atoms with Gasteiger partial charge in [0, 0.05) is 5.70 Å². The molecule has 1 aliphatic heterocycles. The van der Waals surface area contributed by atoms with Gasteiger partial charge in [0.15, 0.2) is 0 Å². The van der Waals surface area contributed by atoms with E-state index in [1.807, 2.05) is 19.9 Å². The molecule has 3 heteroatoms. The summed E-state index contributed by atoms with van der Waals surface area (Å²) in [6.07, 6.45) is 5.24. The molecule has 0 spiro atoms. The minimum absolute atomic E-state index is 0. The highest BCUT2D eigenvalue weighted by Crippen LogP contribution is 2.16. The van der Waals surface area contributed by atoms with Gasteiger partial charge in [0.25, 0.3) is 0 Å². The van der Waals surface area contributed by atoms with E-state index in [0.29, 0.717) is 0 Å². The lowest BCUT2D eigenvalue weighted by molar-refractivity contribution is 0.100. The second kappa shape index (κ2) is 2.97. The van der Waals surface area contributed by atoms with Crippen molar-refractivity contribution in [2.45, 2.75) is 19.4 Å². The molecule has 0 fully saturated rings. The zero-order chi connectivity index (χ0) is 6.91. The van der Waals surface area contributed by atoms with Gasteiger partial charge < -0.3 is 10.5 Å². The third-order valence-corrected chi connectivity index (χ3v) is 1.15. The van der Waals surface area contributed by atoms with Crippen LogP contribution in [0.15, 0.2) is 24.1 Å². The Morgan fingerprint density at radius 3 is 2.40 bits per heavy atom. The van der Waals surface area contributed by atoms with Crippen molar-refractivity contribution in [1.29, 1.82) is 0 Å². The van der Waals surface area contributed by atoms with Gasteiger partial charge in [-0.2, -0.15) is 0 Å².